The first-order valence-electron chi connectivity index (χ1n) is 7.46. The Morgan fingerprint density at radius 3 is 2.73 bits per heavy atom. The topological polar surface area (TPSA) is 88.5 Å². The number of amides is 1. The molecule has 8 heteroatoms. The predicted octanol–water partition coefficient (Wildman–Crippen LogP) is 0.282. The third-order valence-corrected chi connectivity index (χ3v) is 5.36. The second-order valence-electron chi connectivity index (χ2n) is 6.43. The summed E-state index contributed by atoms with van der Waals surface area (Å²) in [7, 11) is 0. The van der Waals surface area contributed by atoms with E-state index in [2.05, 4.69) is 0 Å². The van der Waals surface area contributed by atoms with Gasteiger partial charge in [-0.3, -0.25) is 10.0 Å². The molecule has 0 aromatic rings. The van der Waals surface area contributed by atoms with Crippen molar-refractivity contribution in [3.8, 4) is 0 Å². The minimum Gasteiger partial charge on any atom is -0.388 e. The van der Waals surface area contributed by atoms with Crippen LogP contribution >= 0.6 is 0 Å². The first-order chi connectivity index (χ1) is 9.89. The molecule has 2 N–H and O–H groups in total. The Hall–Kier alpha value is -0.0417. The maximum atomic E-state index is 11.5. The standard InChI is InChI=1S/C14H23NO6.W/c1-4-5-19-11-8(2)14(6-9(16)15(14)18)10(17)12-13(11,3)21-7-20-12;/h8,10-12,17-18H,4-7H2,1-3H3;/t8-,10-,11+,12+,13-,14?;/m1./s1. The number of ether oxygens (including phenoxy) is 3. The van der Waals surface area contributed by atoms with Gasteiger partial charge in [-0.25, -0.2) is 5.06 Å². The number of β-lactam (4-membered cyclic amide) rings is 1. The molecule has 6 atom stereocenters. The van der Waals surface area contributed by atoms with Crippen molar-refractivity contribution in [2.45, 2.75) is 63.1 Å². The van der Waals surface area contributed by atoms with E-state index in [1.807, 2.05) is 20.8 Å². The van der Waals surface area contributed by atoms with Crippen molar-refractivity contribution < 1.29 is 50.4 Å². The summed E-state index contributed by atoms with van der Waals surface area (Å²) in [6.07, 6.45) is -1.06. The van der Waals surface area contributed by atoms with Crippen LogP contribution in [0.5, 0.6) is 0 Å². The molecule has 1 amide bonds. The molecule has 1 aliphatic carbocycles. The van der Waals surface area contributed by atoms with Crippen LogP contribution in [0.2, 0.25) is 0 Å². The molecule has 126 valence electrons. The minimum absolute atomic E-state index is 0. The fourth-order valence-corrected chi connectivity index (χ4v) is 4.09. The summed E-state index contributed by atoms with van der Waals surface area (Å²) in [4.78, 5) is 11.5. The summed E-state index contributed by atoms with van der Waals surface area (Å²) >= 11 is 0. The first kappa shape index (κ1) is 18.3. The predicted molar refractivity (Wildman–Crippen MR) is 70.4 cm³/mol. The zero-order valence-corrected chi connectivity index (χ0v) is 16.0. The van der Waals surface area contributed by atoms with Gasteiger partial charge in [-0.15, -0.1) is 0 Å². The zero-order valence-electron chi connectivity index (χ0n) is 13.0. The first-order valence-corrected chi connectivity index (χ1v) is 7.46. The molecule has 7 nitrogen and oxygen atoms in total. The van der Waals surface area contributed by atoms with Crippen LogP contribution < -0.4 is 0 Å². The molecule has 3 rings (SSSR count). The number of aliphatic hydroxyl groups is 1. The van der Waals surface area contributed by atoms with Crippen LogP contribution in [0, 0.1) is 5.92 Å². The van der Waals surface area contributed by atoms with Gasteiger partial charge in [0.15, 0.2) is 0 Å². The Balaban J connectivity index is 0.00000176. The van der Waals surface area contributed by atoms with Crippen molar-refractivity contribution in [1.82, 2.24) is 5.06 Å². The Labute approximate surface area is 144 Å². The summed E-state index contributed by atoms with van der Waals surface area (Å²) in [5.41, 5.74) is -1.83. The molecule has 2 heterocycles. The quantitative estimate of drug-likeness (QED) is 0.442. The molecule has 0 aromatic heterocycles. The van der Waals surface area contributed by atoms with Gasteiger partial charge >= 0.3 is 0 Å². The van der Waals surface area contributed by atoms with Crippen LogP contribution in [0.4, 0.5) is 0 Å². The molecule has 2 saturated heterocycles. The monoisotopic (exact) mass is 485 g/mol. The molecule has 0 radical (unpaired) electrons. The fraction of sp³-hybridized carbons (Fsp3) is 0.929. The van der Waals surface area contributed by atoms with Crippen molar-refractivity contribution in [1.29, 1.82) is 0 Å². The Morgan fingerprint density at radius 1 is 1.50 bits per heavy atom. The van der Waals surface area contributed by atoms with E-state index in [0.717, 1.165) is 6.42 Å². The average molecular weight is 485 g/mol. The van der Waals surface area contributed by atoms with Crippen LogP contribution in [0.15, 0.2) is 0 Å². The molecular formula is C14H23NO6W. The number of aliphatic hydroxyl groups excluding tert-OH is 1. The maximum absolute atomic E-state index is 11.5. The van der Waals surface area contributed by atoms with Gasteiger partial charge in [0.25, 0.3) is 0 Å². The number of hydrogen-bond acceptors (Lipinski definition) is 6. The van der Waals surface area contributed by atoms with Crippen molar-refractivity contribution >= 4 is 5.91 Å². The average Bonchev–Trinajstić information content (AvgIpc) is 2.85. The van der Waals surface area contributed by atoms with Crippen molar-refractivity contribution in [3.05, 3.63) is 0 Å². The van der Waals surface area contributed by atoms with Gasteiger partial charge in [-0.1, -0.05) is 13.8 Å². The second kappa shape index (κ2) is 6.11. The van der Waals surface area contributed by atoms with Crippen LogP contribution in [-0.4, -0.2) is 64.1 Å². The zero-order chi connectivity index (χ0) is 15.4. The largest absolute Gasteiger partial charge is 0.388 e. The van der Waals surface area contributed by atoms with Crippen molar-refractivity contribution in [2.24, 2.45) is 5.92 Å². The Kier molecular flexibility index (Phi) is 5.08. The van der Waals surface area contributed by atoms with Gasteiger partial charge in [0.2, 0.25) is 5.91 Å². The van der Waals surface area contributed by atoms with E-state index in [1.54, 1.807) is 0 Å². The number of nitrogens with zero attached hydrogens (tertiary/aromatic N) is 1. The van der Waals surface area contributed by atoms with Crippen LogP contribution in [0.25, 0.3) is 0 Å². The molecule has 0 bridgehead atoms. The van der Waals surface area contributed by atoms with Crippen molar-refractivity contribution in [3.63, 3.8) is 0 Å². The summed E-state index contributed by atoms with van der Waals surface area (Å²) in [6, 6.07) is 0. The number of hydroxylamine groups is 2. The number of carbonyl (C=O) groups excluding carboxylic acids is 1. The van der Waals surface area contributed by atoms with E-state index in [-0.39, 0.29) is 46.3 Å². The molecule has 22 heavy (non-hydrogen) atoms. The second-order valence-corrected chi connectivity index (χ2v) is 6.43. The number of fused-ring (bicyclic) bond motifs is 1. The summed E-state index contributed by atoms with van der Waals surface area (Å²) in [6.45, 7) is 6.37. The molecule has 1 spiro atoms. The number of carbonyl (C=O) groups is 1. The van der Waals surface area contributed by atoms with E-state index >= 15 is 0 Å². The van der Waals surface area contributed by atoms with E-state index < -0.39 is 29.3 Å². The van der Waals surface area contributed by atoms with Crippen LogP contribution in [-0.2, 0) is 40.1 Å². The van der Waals surface area contributed by atoms with E-state index in [1.165, 1.54) is 0 Å². The molecule has 3 aliphatic rings. The van der Waals surface area contributed by atoms with Gasteiger partial charge in [0.05, 0.1) is 12.5 Å². The fourth-order valence-electron chi connectivity index (χ4n) is 4.09. The summed E-state index contributed by atoms with van der Waals surface area (Å²) in [5, 5.41) is 21.4. The molecule has 0 aromatic carbocycles. The van der Waals surface area contributed by atoms with Gasteiger partial charge in [0.1, 0.15) is 30.1 Å². The van der Waals surface area contributed by atoms with Gasteiger partial charge in [-0.2, -0.15) is 0 Å². The van der Waals surface area contributed by atoms with Gasteiger partial charge in [-0.05, 0) is 13.3 Å². The van der Waals surface area contributed by atoms with Crippen LogP contribution in [0.3, 0.4) is 0 Å². The van der Waals surface area contributed by atoms with E-state index in [9.17, 15) is 15.1 Å². The summed E-state index contributed by atoms with van der Waals surface area (Å²) < 4.78 is 17.2. The smallest absolute Gasteiger partial charge is 0.249 e. The van der Waals surface area contributed by atoms with Crippen LogP contribution in [0.1, 0.15) is 33.6 Å². The van der Waals surface area contributed by atoms with Gasteiger partial charge < -0.3 is 19.3 Å². The number of rotatable bonds is 3. The van der Waals surface area contributed by atoms with Crippen molar-refractivity contribution in [2.75, 3.05) is 13.4 Å². The molecule has 1 saturated carbocycles. The Bertz CT molecular complexity index is 451. The summed E-state index contributed by atoms with van der Waals surface area (Å²) in [5.74, 6) is -0.664. The number of hydrogen-bond donors (Lipinski definition) is 2. The third-order valence-electron chi connectivity index (χ3n) is 5.36. The van der Waals surface area contributed by atoms with E-state index in [0.29, 0.717) is 11.7 Å². The third kappa shape index (κ3) is 2.14. The Morgan fingerprint density at radius 2 is 2.18 bits per heavy atom. The molecular weight excluding hydrogens is 462 g/mol. The van der Waals surface area contributed by atoms with E-state index in [4.69, 9.17) is 14.2 Å². The molecule has 2 aliphatic heterocycles. The maximum Gasteiger partial charge on any atom is 0.249 e. The van der Waals surface area contributed by atoms with Gasteiger partial charge in [0, 0.05) is 33.6 Å². The minimum atomic E-state index is -1.05. The molecule has 1 unspecified atom stereocenters. The SMILES string of the molecule is CCCO[C@H]1[C@@H](C)C2(CC(=O)N2O)[C@H](O)[C@@H]2OCO[C@]12C.[W]. The molecule has 3 fully saturated rings. The normalized spacial score (nSPS) is 47.1.